The van der Waals surface area contributed by atoms with Gasteiger partial charge in [0.15, 0.2) is 5.78 Å². The zero-order valence-electron chi connectivity index (χ0n) is 11.3. The van der Waals surface area contributed by atoms with Crippen molar-refractivity contribution in [3.63, 3.8) is 0 Å². The first-order valence-corrected chi connectivity index (χ1v) is 6.67. The second-order valence-corrected chi connectivity index (χ2v) is 4.96. The summed E-state index contributed by atoms with van der Waals surface area (Å²) in [6.45, 7) is 1.99. The highest BCUT2D eigenvalue weighted by Gasteiger charge is 2.08. The number of nitrogens with zero attached hydrogens (tertiary/aromatic N) is 1. The SMILES string of the molecule is Cc1cccc(C(=O)Cc2ccc3ccccc3n2)c1. The maximum Gasteiger partial charge on any atom is 0.168 e. The molecule has 98 valence electrons. The zero-order valence-corrected chi connectivity index (χ0v) is 11.3. The van der Waals surface area contributed by atoms with Crippen LogP contribution in [0, 0.1) is 6.92 Å². The van der Waals surface area contributed by atoms with Crippen molar-refractivity contribution in [3.8, 4) is 0 Å². The van der Waals surface area contributed by atoms with Gasteiger partial charge in [0.1, 0.15) is 0 Å². The van der Waals surface area contributed by atoms with E-state index in [0.717, 1.165) is 27.7 Å². The molecule has 20 heavy (non-hydrogen) atoms. The smallest absolute Gasteiger partial charge is 0.168 e. The number of para-hydroxylation sites is 1. The molecule has 0 radical (unpaired) electrons. The van der Waals surface area contributed by atoms with Crippen molar-refractivity contribution in [3.05, 3.63) is 77.5 Å². The lowest BCUT2D eigenvalue weighted by molar-refractivity contribution is 0.0992. The zero-order chi connectivity index (χ0) is 13.9. The van der Waals surface area contributed by atoms with Gasteiger partial charge in [-0.15, -0.1) is 0 Å². The van der Waals surface area contributed by atoms with E-state index in [1.807, 2.05) is 67.6 Å². The van der Waals surface area contributed by atoms with Crippen LogP contribution in [0.2, 0.25) is 0 Å². The number of carbonyl (C=O) groups is 1. The Morgan fingerprint density at radius 1 is 1.00 bits per heavy atom. The van der Waals surface area contributed by atoms with Gasteiger partial charge in [-0.25, -0.2) is 0 Å². The highest BCUT2D eigenvalue weighted by molar-refractivity contribution is 5.97. The predicted octanol–water partition coefficient (Wildman–Crippen LogP) is 3.97. The number of fused-ring (bicyclic) bond motifs is 1. The molecule has 1 aromatic heterocycles. The molecule has 0 aliphatic rings. The first-order chi connectivity index (χ1) is 9.72. The molecule has 0 amide bonds. The van der Waals surface area contributed by atoms with Gasteiger partial charge in [-0.1, -0.05) is 48.0 Å². The van der Waals surface area contributed by atoms with Gasteiger partial charge in [-0.05, 0) is 25.1 Å². The minimum absolute atomic E-state index is 0.108. The van der Waals surface area contributed by atoms with E-state index in [9.17, 15) is 4.79 Å². The van der Waals surface area contributed by atoms with Gasteiger partial charge in [0, 0.05) is 16.6 Å². The highest BCUT2D eigenvalue weighted by atomic mass is 16.1. The Balaban J connectivity index is 1.87. The van der Waals surface area contributed by atoms with Crippen molar-refractivity contribution < 1.29 is 4.79 Å². The van der Waals surface area contributed by atoms with Gasteiger partial charge in [0.05, 0.1) is 11.9 Å². The van der Waals surface area contributed by atoms with Crippen LogP contribution in [0.3, 0.4) is 0 Å². The maximum atomic E-state index is 12.3. The molecule has 0 atom stereocenters. The molecule has 0 fully saturated rings. The number of Topliss-reactive ketones (excluding diaryl/α,β-unsaturated/α-hetero) is 1. The average Bonchev–Trinajstić information content (AvgIpc) is 2.47. The lowest BCUT2D eigenvalue weighted by atomic mass is 10.0. The molecule has 0 unspecified atom stereocenters. The van der Waals surface area contributed by atoms with E-state index in [0.29, 0.717) is 6.42 Å². The van der Waals surface area contributed by atoms with Crippen LogP contribution in [0.15, 0.2) is 60.7 Å². The fourth-order valence-electron chi connectivity index (χ4n) is 2.29. The number of pyridine rings is 1. The Hall–Kier alpha value is -2.48. The highest BCUT2D eigenvalue weighted by Crippen LogP contribution is 2.14. The normalized spacial score (nSPS) is 10.7. The van der Waals surface area contributed by atoms with Crippen LogP contribution in [0.5, 0.6) is 0 Å². The number of hydrogen-bond acceptors (Lipinski definition) is 2. The quantitative estimate of drug-likeness (QED) is 0.668. The molecular weight excluding hydrogens is 246 g/mol. The van der Waals surface area contributed by atoms with Crippen LogP contribution in [-0.2, 0) is 6.42 Å². The summed E-state index contributed by atoms with van der Waals surface area (Å²) < 4.78 is 0. The Bertz CT molecular complexity index is 777. The van der Waals surface area contributed by atoms with E-state index >= 15 is 0 Å². The maximum absolute atomic E-state index is 12.3. The minimum Gasteiger partial charge on any atom is -0.294 e. The largest absolute Gasteiger partial charge is 0.294 e. The molecule has 0 aliphatic heterocycles. The summed E-state index contributed by atoms with van der Waals surface area (Å²) in [5, 5.41) is 1.10. The van der Waals surface area contributed by atoms with Crippen LogP contribution >= 0.6 is 0 Å². The van der Waals surface area contributed by atoms with Gasteiger partial charge in [0.25, 0.3) is 0 Å². The van der Waals surface area contributed by atoms with Crippen molar-refractivity contribution in [1.29, 1.82) is 0 Å². The number of aryl methyl sites for hydroxylation is 1. The monoisotopic (exact) mass is 261 g/mol. The molecule has 3 rings (SSSR count). The van der Waals surface area contributed by atoms with Crippen LogP contribution < -0.4 is 0 Å². The number of carbonyl (C=O) groups excluding carboxylic acids is 1. The van der Waals surface area contributed by atoms with Crippen molar-refractivity contribution in [2.24, 2.45) is 0 Å². The summed E-state index contributed by atoms with van der Waals surface area (Å²) in [5.74, 6) is 0.108. The van der Waals surface area contributed by atoms with Crippen LogP contribution in [0.1, 0.15) is 21.6 Å². The molecule has 0 saturated carbocycles. The van der Waals surface area contributed by atoms with E-state index in [2.05, 4.69) is 4.98 Å². The van der Waals surface area contributed by atoms with Gasteiger partial charge in [-0.2, -0.15) is 0 Å². The second-order valence-electron chi connectivity index (χ2n) is 4.96. The summed E-state index contributed by atoms with van der Waals surface area (Å²) in [5.41, 5.74) is 3.60. The molecular formula is C18H15NO. The first kappa shape index (κ1) is 12.5. The second kappa shape index (κ2) is 5.25. The third kappa shape index (κ3) is 2.59. The van der Waals surface area contributed by atoms with Gasteiger partial charge in [0.2, 0.25) is 0 Å². The van der Waals surface area contributed by atoms with Crippen molar-refractivity contribution in [1.82, 2.24) is 4.98 Å². The molecule has 3 aromatic rings. The van der Waals surface area contributed by atoms with Crippen molar-refractivity contribution in [2.45, 2.75) is 13.3 Å². The molecule has 2 nitrogen and oxygen atoms in total. The van der Waals surface area contributed by atoms with Gasteiger partial charge in [-0.3, -0.25) is 9.78 Å². The Kier molecular flexibility index (Phi) is 3.30. The van der Waals surface area contributed by atoms with Crippen molar-refractivity contribution in [2.75, 3.05) is 0 Å². The summed E-state index contributed by atoms with van der Waals surface area (Å²) in [7, 11) is 0. The van der Waals surface area contributed by atoms with Crippen LogP contribution in [0.4, 0.5) is 0 Å². The number of ketones is 1. The summed E-state index contributed by atoms with van der Waals surface area (Å²) >= 11 is 0. The molecule has 1 heterocycles. The number of hydrogen-bond donors (Lipinski definition) is 0. The molecule has 0 bridgehead atoms. The fourth-order valence-corrected chi connectivity index (χ4v) is 2.29. The lowest BCUT2D eigenvalue weighted by Gasteiger charge is -2.04. The number of benzene rings is 2. The fraction of sp³-hybridized carbons (Fsp3) is 0.111. The number of rotatable bonds is 3. The summed E-state index contributed by atoms with van der Waals surface area (Å²) in [4.78, 5) is 16.8. The standard InChI is InChI=1S/C18H15NO/c1-13-5-4-7-15(11-13)18(20)12-16-10-9-14-6-2-3-8-17(14)19-16/h2-11H,12H2,1H3. The third-order valence-corrected chi connectivity index (χ3v) is 3.34. The molecule has 0 spiro atoms. The molecule has 0 N–H and O–H groups in total. The van der Waals surface area contributed by atoms with E-state index in [4.69, 9.17) is 0 Å². The van der Waals surface area contributed by atoms with E-state index in [1.165, 1.54) is 0 Å². The first-order valence-electron chi connectivity index (χ1n) is 6.67. The van der Waals surface area contributed by atoms with Gasteiger partial charge >= 0.3 is 0 Å². The molecule has 2 aromatic carbocycles. The van der Waals surface area contributed by atoms with E-state index < -0.39 is 0 Å². The van der Waals surface area contributed by atoms with Crippen LogP contribution in [-0.4, -0.2) is 10.8 Å². The topological polar surface area (TPSA) is 30.0 Å². The van der Waals surface area contributed by atoms with Gasteiger partial charge < -0.3 is 0 Å². The number of aromatic nitrogens is 1. The summed E-state index contributed by atoms with van der Waals surface area (Å²) in [6, 6.07) is 19.6. The van der Waals surface area contributed by atoms with E-state index in [-0.39, 0.29) is 5.78 Å². The van der Waals surface area contributed by atoms with Crippen molar-refractivity contribution >= 4 is 16.7 Å². The van der Waals surface area contributed by atoms with Crippen LogP contribution in [0.25, 0.3) is 10.9 Å². The average molecular weight is 261 g/mol. The van der Waals surface area contributed by atoms with E-state index in [1.54, 1.807) is 0 Å². The Labute approximate surface area is 118 Å². The third-order valence-electron chi connectivity index (χ3n) is 3.34. The molecule has 0 aliphatic carbocycles. The predicted molar refractivity (Wildman–Crippen MR) is 81.0 cm³/mol. The lowest BCUT2D eigenvalue weighted by Crippen LogP contribution is -2.05. The Morgan fingerprint density at radius 3 is 2.70 bits per heavy atom. The Morgan fingerprint density at radius 2 is 1.85 bits per heavy atom. The molecule has 0 saturated heterocycles. The minimum atomic E-state index is 0.108. The molecule has 2 heteroatoms. The summed E-state index contributed by atoms with van der Waals surface area (Å²) in [6.07, 6.45) is 0.342.